The van der Waals surface area contributed by atoms with Crippen LogP contribution in [0.3, 0.4) is 0 Å². The molecule has 0 saturated heterocycles. The minimum Gasteiger partial charge on any atom is -0.478 e. The van der Waals surface area contributed by atoms with Gasteiger partial charge in [0.15, 0.2) is 0 Å². The maximum Gasteiger partial charge on any atom is 0.331 e. The highest BCUT2D eigenvalue weighted by atomic mass is 16.5. The molecule has 1 N–H and O–H groups in total. The molecule has 0 aliphatic rings. The van der Waals surface area contributed by atoms with Crippen molar-refractivity contribution >= 4 is 18.0 Å². The number of carbonyl (C=O) groups is 2. The summed E-state index contributed by atoms with van der Waals surface area (Å²) in [6.07, 6.45) is 4.94. The van der Waals surface area contributed by atoms with Crippen LogP contribution in [0.25, 0.3) is 6.08 Å². The first-order valence-corrected chi connectivity index (χ1v) is 5.36. The summed E-state index contributed by atoms with van der Waals surface area (Å²) >= 11 is 0. The molecule has 0 heterocycles. The van der Waals surface area contributed by atoms with Crippen molar-refractivity contribution in [3.63, 3.8) is 0 Å². The normalized spacial score (nSPS) is 11.6. The number of carbonyl (C=O) groups excluding carboxylic acids is 1. The quantitative estimate of drug-likeness (QED) is 0.384. The molecule has 0 fully saturated rings. The SMILES string of the molecule is CC(=O)Oc1ccc(C=CC=C(C)C(=O)O)cc1. The van der Waals surface area contributed by atoms with Gasteiger partial charge in [-0.1, -0.05) is 30.4 Å². The Morgan fingerprint density at radius 3 is 2.28 bits per heavy atom. The summed E-state index contributed by atoms with van der Waals surface area (Å²) in [5, 5.41) is 8.65. The van der Waals surface area contributed by atoms with Gasteiger partial charge in [0.2, 0.25) is 0 Å². The monoisotopic (exact) mass is 246 g/mol. The highest BCUT2D eigenvalue weighted by molar-refractivity contribution is 5.86. The van der Waals surface area contributed by atoms with Gasteiger partial charge in [-0.25, -0.2) is 4.79 Å². The van der Waals surface area contributed by atoms with Crippen LogP contribution in [0.15, 0.2) is 42.0 Å². The number of rotatable bonds is 4. The molecule has 0 amide bonds. The molecule has 1 aromatic rings. The van der Waals surface area contributed by atoms with Crippen LogP contribution in [0.5, 0.6) is 5.75 Å². The van der Waals surface area contributed by atoms with E-state index in [9.17, 15) is 9.59 Å². The Kier molecular flexibility index (Phi) is 4.87. The number of ether oxygens (including phenoxy) is 1. The minimum absolute atomic E-state index is 0.266. The van der Waals surface area contributed by atoms with Crippen molar-refractivity contribution < 1.29 is 19.4 Å². The maximum absolute atomic E-state index is 10.7. The van der Waals surface area contributed by atoms with E-state index in [4.69, 9.17) is 9.84 Å². The zero-order valence-corrected chi connectivity index (χ0v) is 10.2. The third-order valence-electron chi connectivity index (χ3n) is 2.11. The van der Waals surface area contributed by atoms with Crippen molar-refractivity contribution in [3.8, 4) is 5.75 Å². The molecule has 0 spiro atoms. The fraction of sp³-hybridized carbons (Fsp3) is 0.143. The lowest BCUT2D eigenvalue weighted by Crippen LogP contribution is -2.00. The molecular weight excluding hydrogens is 232 g/mol. The Morgan fingerprint density at radius 1 is 1.17 bits per heavy atom. The van der Waals surface area contributed by atoms with E-state index < -0.39 is 5.97 Å². The van der Waals surface area contributed by atoms with E-state index in [1.54, 1.807) is 36.4 Å². The number of hydrogen-bond donors (Lipinski definition) is 1. The second kappa shape index (κ2) is 6.39. The van der Waals surface area contributed by atoms with E-state index in [1.165, 1.54) is 19.9 Å². The number of esters is 1. The van der Waals surface area contributed by atoms with Crippen molar-refractivity contribution in [2.45, 2.75) is 13.8 Å². The van der Waals surface area contributed by atoms with E-state index in [-0.39, 0.29) is 11.5 Å². The highest BCUT2D eigenvalue weighted by Gasteiger charge is 1.97. The van der Waals surface area contributed by atoms with Crippen LogP contribution in [0.2, 0.25) is 0 Å². The average Bonchev–Trinajstić information content (AvgIpc) is 2.30. The molecule has 18 heavy (non-hydrogen) atoms. The predicted molar refractivity (Wildman–Crippen MR) is 68.2 cm³/mol. The van der Waals surface area contributed by atoms with E-state index in [0.29, 0.717) is 5.75 Å². The van der Waals surface area contributed by atoms with E-state index in [2.05, 4.69) is 0 Å². The summed E-state index contributed by atoms with van der Waals surface area (Å²) in [6.45, 7) is 2.86. The van der Waals surface area contributed by atoms with Gasteiger partial charge in [-0.05, 0) is 24.6 Å². The summed E-state index contributed by atoms with van der Waals surface area (Å²) in [5.41, 5.74) is 1.16. The highest BCUT2D eigenvalue weighted by Crippen LogP contribution is 2.13. The van der Waals surface area contributed by atoms with Crippen LogP contribution in [0.4, 0.5) is 0 Å². The first-order valence-electron chi connectivity index (χ1n) is 5.36. The van der Waals surface area contributed by atoms with E-state index >= 15 is 0 Å². The van der Waals surface area contributed by atoms with Gasteiger partial charge in [0.1, 0.15) is 5.75 Å². The number of carboxylic acids is 1. The molecule has 1 aromatic carbocycles. The van der Waals surface area contributed by atoms with Crippen molar-refractivity contribution in [3.05, 3.63) is 47.6 Å². The molecule has 0 saturated carbocycles. The van der Waals surface area contributed by atoms with Gasteiger partial charge in [0.25, 0.3) is 0 Å². The number of benzene rings is 1. The van der Waals surface area contributed by atoms with Gasteiger partial charge in [-0.15, -0.1) is 0 Å². The topological polar surface area (TPSA) is 63.6 Å². The standard InChI is InChI=1S/C14H14O4/c1-10(14(16)17)4-3-5-12-6-8-13(9-7-12)18-11(2)15/h3-9H,1-2H3,(H,16,17). The predicted octanol–water partition coefficient (Wildman–Crippen LogP) is 2.66. The van der Waals surface area contributed by atoms with Crippen molar-refractivity contribution in [2.75, 3.05) is 0 Å². The molecule has 0 radical (unpaired) electrons. The third-order valence-corrected chi connectivity index (χ3v) is 2.11. The van der Waals surface area contributed by atoms with Crippen LogP contribution in [-0.4, -0.2) is 17.0 Å². The van der Waals surface area contributed by atoms with Crippen LogP contribution >= 0.6 is 0 Å². The van der Waals surface area contributed by atoms with Gasteiger partial charge < -0.3 is 9.84 Å². The molecule has 94 valence electrons. The molecule has 4 heteroatoms. The molecule has 0 unspecified atom stereocenters. The molecular formula is C14H14O4. The zero-order valence-electron chi connectivity index (χ0n) is 10.2. The summed E-state index contributed by atoms with van der Waals surface area (Å²) in [5.74, 6) is -0.819. The number of hydrogen-bond acceptors (Lipinski definition) is 3. The number of carboxylic acid groups (broad SMARTS) is 1. The van der Waals surface area contributed by atoms with Crippen LogP contribution in [-0.2, 0) is 9.59 Å². The molecule has 0 bridgehead atoms. The smallest absolute Gasteiger partial charge is 0.331 e. The minimum atomic E-state index is -0.940. The molecule has 0 aliphatic heterocycles. The summed E-state index contributed by atoms with van der Waals surface area (Å²) in [6, 6.07) is 6.90. The fourth-order valence-corrected chi connectivity index (χ4v) is 1.19. The molecule has 0 aliphatic carbocycles. The van der Waals surface area contributed by atoms with Gasteiger partial charge in [0.05, 0.1) is 0 Å². The van der Waals surface area contributed by atoms with Crippen LogP contribution < -0.4 is 4.74 Å². The van der Waals surface area contributed by atoms with Gasteiger partial charge in [-0.3, -0.25) is 4.79 Å². The van der Waals surface area contributed by atoms with Crippen molar-refractivity contribution in [2.24, 2.45) is 0 Å². The van der Waals surface area contributed by atoms with Crippen molar-refractivity contribution in [1.82, 2.24) is 0 Å². The summed E-state index contributed by atoms with van der Waals surface area (Å²) in [4.78, 5) is 21.2. The largest absolute Gasteiger partial charge is 0.478 e. The lowest BCUT2D eigenvalue weighted by molar-refractivity contribution is -0.133. The summed E-state index contributed by atoms with van der Waals surface area (Å²) in [7, 11) is 0. The molecule has 0 aromatic heterocycles. The second-order valence-electron chi connectivity index (χ2n) is 3.68. The molecule has 1 rings (SSSR count). The Hall–Kier alpha value is -2.36. The molecule has 4 nitrogen and oxygen atoms in total. The first kappa shape index (κ1) is 13.7. The third kappa shape index (κ3) is 4.65. The van der Waals surface area contributed by atoms with E-state index in [0.717, 1.165) is 5.56 Å². The average molecular weight is 246 g/mol. The number of allylic oxidation sites excluding steroid dienone is 2. The van der Waals surface area contributed by atoms with Crippen LogP contribution in [0.1, 0.15) is 19.4 Å². The lowest BCUT2D eigenvalue weighted by atomic mass is 10.2. The molecule has 0 atom stereocenters. The second-order valence-corrected chi connectivity index (χ2v) is 3.68. The summed E-state index contributed by atoms with van der Waals surface area (Å²) < 4.78 is 4.89. The Morgan fingerprint density at radius 2 is 1.78 bits per heavy atom. The Labute approximate surface area is 105 Å². The zero-order chi connectivity index (χ0) is 13.5. The van der Waals surface area contributed by atoms with Gasteiger partial charge >= 0.3 is 11.9 Å². The fourth-order valence-electron chi connectivity index (χ4n) is 1.19. The van der Waals surface area contributed by atoms with Crippen molar-refractivity contribution in [1.29, 1.82) is 0 Å². The lowest BCUT2D eigenvalue weighted by Gasteiger charge is -2.00. The first-order chi connectivity index (χ1) is 8.49. The van der Waals surface area contributed by atoms with Crippen LogP contribution in [0, 0.1) is 0 Å². The Bertz CT molecular complexity index is 495. The van der Waals surface area contributed by atoms with Gasteiger partial charge in [-0.2, -0.15) is 0 Å². The Balaban J connectivity index is 2.69. The maximum atomic E-state index is 10.7. The number of aliphatic carboxylic acids is 1. The van der Waals surface area contributed by atoms with Gasteiger partial charge in [0, 0.05) is 12.5 Å². The van der Waals surface area contributed by atoms with E-state index in [1.807, 2.05) is 0 Å².